The number of pyridine rings is 1. The average molecular weight is 306 g/mol. The van der Waals surface area contributed by atoms with Gasteiger partial charge in [0, 0.05) is 23.7 Å². The first-order valence-electron chi connectivity index (χ1n) is 7.92. The molecule has 118 valence electrons. The van der Waals surface area contributed by atoms with Gasteiger partial charge in [-0.2, -0.15) is 0 Å². The third-order valence-electron chi connectivity index (χ3n) is 4.36. The van der Waals surface area contributed by atoms with Gasteiger partial charge in [0.2, 0.25) is 0 Å². The van der Waals surface area contributed by atoms with Gasteiger partial charge in [-0.3, -0.25) is 14.7 Å². The summed E-state index contributed by atoms with van der Waals surface area (Å²) in [4.78, 5) is 19.7. The van der Waals surface area contributed by atoms with Crippen LogP contribution in [0.3, 0.4) is 0 Å². The highest BCUT2D eigenvalue weighted by Crippen LogP contribution is 2.40. The van der Waals surface area contributed by atoms with Gasteiger partial charge in [0.05, 0.1) is 11.7 Å². The SMILES string of the molecule is CN1CC(C)(C)C(=O)/C(=C/c2ccccn2)C1c1ccccc1. The fourth-order valence-electron chi connectivity index (χ4n) is 3.37. The molecule has 0 spiro atoms. The number of likely N-dealkylation sites (N-methyl/N-ethyl adjacent to an activating group) is 1. The molecule has 3 rings (SSSR count). The van der Waals surface area contributed by atoms with E-state index in [9.17, 15) is 4.79 Å². The van der Waals surface area contributed by atoms with Crippen molar-refractivity contribution in [3.05, 3.63) is 71.6 Å². The Labute approximate surface area is 137 Å². The van der Waals surface area contributed by atoms with Gasteiger partial charge in [0.25, 0.3) is 0 Å². The number of carbonyl (C=O) groups excluding carboxylic acids is 1. The van der Waals surface area contributed by atoms with Crippen LogP contribution in [0.25, 0.3) is 6.08 Å². The van der Waals surface area contributed by atoms with Crippen LogP contribution in [0.2, 0.25) is 0 Å². The largest absolute Gasteiger partial charge is 0.294 e. The van der Waals surface area contributed by atoms with E-state index in [0.717, 1.165) is 23.4 Å². The number of nitrogens with zero attached hydrogens (tertiary/aromatic N) is 2. The summed E-state index contributed by atoms with van der Waals surface area (Å²) in [6.45, 7) is 4.77. The summed E-state index contributed by atoms with van der Waals surface area (Å²) in [5.41, 5.74) is 2.39. The first-order valence-corrected chi connectivity index (χ1v) is 7.92. The van der Waals surface area contributed by atoms with Crippen molar-refractivity contribution >= 4 is 11.9 Å². The van der Waals surface area contributed by atoms with Crippen molar-refractivity contribution in [3.63, 3.8) is 0 Å². The van der Waals surface area contributed by atoms with Crippen molar-refractivity contribution in [3.8, 4) is 0 Å². The first kappa shape index (κ1) is 15.6. The predicted octanol–water partition coefficient (Wildman–Crippen LogP) is 3.75. The van der Waals surface area contributed by atoms with Crippen molar-refractivity contribution in [2.45, 2.75) is 19.9 Å². The van der Waals surface area contributed by atoms with Gasteiger partial charge >= 0.3 is 0 Å². The Morgan fingerprint density at radius 1 is 1.13 bits per heavy atom. The summed E-state index contributed by atoms with van der Waals surface area (Å²) in [6, 6.07) is 15.9. The van der Waals surface area contributed by atoms with Crippen LogP contribution in [-0.4, -0.2) is 29.3 Å². The van der Waals surface area contributed by atoms with E-state index in [1.807, 2.05) is 56.3 Å². The standard InChI is InChI=1S/C20H22N2O/c1-20(2)14-22(3)18(15-9-5-4-6-10-15)17(19(20)23)13-16-11-7-8-12-21-16/h4-13,18H,14H2,1-3H3/b17-13+. The molecule has 1 saturated heterocycles. The summed E-state index contributed by atoms with van der Waals surface area (Å²) in [5.74, 6) is 0.204. The molecule has 3 heteroatoms. The number of carbonyl (C=O) groups is 1. The number of benzene rings is 1. The Kier molecular flexibility index (Phi) is 4.14. The quantitative estimate of drug-likeness (QED) is 0.792. The van der Waals surface area contributed by atoms with Crippen molar-refractivity contribution in [1.82, 2.24) is 9.88 Å². The number of hydrogen-bond acceptors (Lipinski definition) is 3. The van der Waals surface area contributed by atoms with Crippen molar-refractivity contribution < 1.29 is 4.79 Å². The van der Waals surface area contributed by atoms with Crippen LogP contribution in [0.4, 0.5) is 0 Å². The van der Waals surface area contributed by atoms with Gasteiger partial charge < -0.3 is 0 Å². The second kappa shape index (κ2) is 6.09. The van der Waals surface area contributed by atoms with E-state index in [4.69, 9.17) is 0 Å². The van der Waals surface area contributed by atoms with Crippen LogP contribution >= 0.6 is 0 Å². The van der Waals surface area contributed by atoms with Crippen LogP contribution in [0.5, 0.6) is 0 Å². The molecular formula is C20H22N2O. The van der Waals surface area contributed by atoms with Gasteiger partial charge in [-0.05, 0) is 30.8 Å². The van der Waals surface area contributed by atoms with Crippen LogP contribution in [0, 0.1) is 5.41 Å². The maximum absolute atomic E-state index is 13.1. The summed E-state index contributed by atoms with van der Waals surface area (Å²) >= 11 is 0. The first-order chi connectivity index (χ1) is 11.0. The molecule has 2 aromatic rings. The summed E-state index contributed by atoms with van der Waals surface area (Å²) in [5, 5.41) is 0. The lowest BCUT2D eigenvalue weighted by Gasteiger charge is -2.42. The fraction of sp³-hybridized carbons (Fsp3) is 0.300. The highest BCUT2D eigenvalue weighted by molar-refractivity contribution is 6.05. The van der Waals surface area contributed by atoms with Gasteiger partial charge in [-0.25, -0.2) is 0 Å². The molecule has 23 heavy (non-hydrogen) atoms. The van der Waals surface area contributed by atoms with Crippen LogP contribution in [0.15, 0.2) is 60.3 Å². The molecule has 3 nitrogen and oxygen atoms in total. The number of likely N-dealkylation sites (tertiary alicyclic amines) is 1. The highest BCUT2D eigenvalue weighted by Gasteiger charge is 2.42. The maximum Gasteiger partial charge on any atom is 0.167 e. The number of Topliss-reactive ketones (excluding diaryl/α,β-unsaturated/α-hetero) is 1. The lowest BCUT2D eigenvalue weighted by molar-refractivity contribution is -0.127. The third-order valence-corrected chi connectivity index (χ3v) is 4.36. The minimum absolute atomic E-state index is 0.0290. The molecule has 1 aromatic carbocycles. The smallest absolute Gasteiger partial charge is 0.167 e. The second-order valence-corrected chi connectivity index (χ2v) is 6.80. The molecule has 1 aromatic heterocycles. The molecule has 0 radical (unpaired) electrons. The van der Waals surface area contributed by atoms with Crippen LogP contribution in [-0.2, 0) is 4.79 Å². The van der Waals surface area contributed by atoms with Gasteiger partial charge in [0.1, 0.15) is 0 Å². The van der Waals surface area contributed by atoms with E-state index in [1.54, 1.807) is 6.20 Å². The predicted molar refractivity (Wildman–Crippen MR) is 92.8 cm³/mol. The summed E-state index contributed by atoms with van der Waals surface area (Å²) in [6.07, 6.45) is 3.70. The maximum atomic E-state index is 13.1. The molecule has 0 N–H and O–H groups in total. The van der Waals surface area contributed by atoms with Gasteiger partial charge in [-0.15, -0.1) is 0 Å². The van der Waals surface area contributed by atoms with E-state index < -0.39 is 0 Å². The van der Waals surface area contributed by atoms with Crippen LogP contribution in [0.1, 0.15) is 31.1 Å². The van der Waals surface area contributed by atoms with E-state index in [2.05, 4.69) is 29.1 Å². The molecule has 0 aliphatic carbocycles. The number of piperidine rings is 1. The lowest BCUT2D eigenvalue weighted by Crippen LogP contribution is -2.47. The Hall–Kier alpha value is -2.26. The Morgan fingerprint density at radius 3 is 2.48 bits per heavy atom. The van der Waals surface area contributed by atoms with Crippen molar-refractivity contribution in [1.29, 1.82) is 0 Å². The van der Waals surface area contributed by atoms with E-state index >= 15 is 0 Å². The molecule has 1 aliphatic rings. The molecule has 1 fully saturated rings. The summed E-state index contributed by atoms with van der Waals surface area (Å²) < 4.78 is 0. The van der Waals surface area contributed by atoms with Crippen LogP contribution < -0.4 is 0 Å². The monoisotopic (exact) mass is 306 g/mol. The number of hydrogen-bond donors (Lipinski definition) is 0. The topological polar surface area (TPSA) is 33.2 Å². The summed E-state index contributed by atoms with van der Waals surface area (Å²) in [7, 11) is 2.08. The number of aromatic nitrogens is 1. The molecule has 0 amide bonds. The van der Waals surface area contributed by atoms with Gasteiger partial charge in [-0.1, -0.05) is 50.2 Å². The zero-order chi connectivity index (χ0) is 16.4. The van der Waals surface area contributed by atoms with Gasteiger partial charge in [0.15, 0.2) is 5.78 Å². The zero-order valence-corrected chi connectivity index (χ0v) is 13.9. The highest BCUT2D eigenvalue weighted by atomic mass is 16.1. The number of rotatable bonds is 2. The normalized spacial score (nSPS) is 23.2. The fourth-order valence-corrected chi connectivity index (χ4v) is 3.37. The molecule has 1 unspecified atom stereocenters. The minimum Gasteiger partial charge on any atom is -0.294 e. The Bertz CT molecular complexity index is 720. The Balaban J connectivity index is 2.11. The van der Waals surface area contributed by atoms with E-state index in [0.29, 0.717) is 0 Å². The molecular weight excluding hydrogens is 284 g/mol. The Morgan fingerprint density at radius 2 is 1.83 bits per heavy atom. The molecule has 1 aliphatic heterocycles. The second-order valence-electron chi connectivity index (χ2n) is 6.80. The molecule has 1 atom stereocenters. The minimum atomic E-state index is -0.388. The average Bonchev–Trinajstić information content (AvgIpc) is 2.54. The molecule has 2 heterocycles. The third kappa shape index (κ3) is 3.10. The number of ketones is 1. The molecule has 0 bridgehead atoms. The van der Waals surface area contributed by atoms with E-state index in [-0.39, 0.29) is 17.2 Å². The van der Waals surface area contributed by atoms with E-state index in [1.165, 1.54) is 0 Å². The molecule has 0 saturated carbocycles. The lowest BCUT2D eigenvalue weighted by atomic mass is 9.75. The van der Waals surface area contributed by atoms with Crippen molar-refractivity contribution in [2.24, 2.45) is 5.41 Å². The van der Waals surface area contributed by atoms with Crippen molar-refractivity contribution in [2.75, 3.05) is 13.6 Å². The zero-order valence-electron chi connectivity index (χ0n) is 13.9.